The Kier molecular flexibility index (Phi) is 7.77. The molecule has 1 amide bonds. The highest BCUT2D eigenvalue weighted by atomic mass is 35.5. The van der Waals surface area contributed by atoms with Crippen molar-refractivity contribution >= 4 is 35.4 Å². The monoisotopic (exact) mass is 639 g/mol. The van der Waals surface area contributed by atoms with Crippen molar-refractivity contribution in [1.29, 1.82) is 5.41 Å². The van der Waals surface area contributed by atoms with Crippen molar-refractivity contribution in [3.8, 4) is 11.1 Å². The highest BCUT2D eigenvalue weighted by molar-refractivity contribution is 6.35. The fourth-order valence-electron chi connectivity index (χ4n) is 8.10. The third-order valence-corrected chi connectivity index (χ3v) is 11.4. The molecule has 0 unspecified atom stereocenters. The number of piperazine rings is 1. The maximum absolute atomic E-state index is 12.6. The van der Waals surface area contributed by atoms with Gasteiger partial charge in [0.05, 0.1) is 23.2 Å². The molecular formula is C34H50ClN7O3. The molecule has 2 aliphatic carbocycles. The highest BCUT2D eigenvalue weighted by Gasteiger charge is 2.56. The van der Waals surface area contributed by atoms with Crippen LogP contribution in [0.15, 0.2) is 6.07 Å². The van der Waals surface area contributed by atoms with Crippen LogP contribution < -0.4 is 10.6 Å². The van der Waals surface area contributed by atoms with E-state index in [1.54, 1.807) is 0 Å². The maximum Gasteiger partial charge on any atom is 0.410 e. The molecule has 2 spiro atoms. The van der Waals surface area contributed by atoms with Crippen LogP contribution in [-0.4, -0.2) is 93.0 Å². The summed E-state index contributed by atoms with van der Waals surface area (Å²) in [4.78, 5) is 19.4. The lowest BCUT2D eigenvalue weighted by Gasteiger charge is -2.59. The van der Waals surface area contributed by atoms with Gasteiger partial charge >= 0.3 is 6.09 Å². The van der Waals surface area contributed by atoms with Crippen LogP contribution in [0.25, 0.3) is 11.1 Å². The van der Waals surface area contributed by atoms with Gasteiger partial charge in [-0.15, -0.1) is 0 Å². The van der Waals surface area contributed by atoms with Gasteiger partial charge < -0.3 is 30.8 Å². The molecule has 4 N–H and O–H groups in total. The number of benzene rings is 1. The van der Waals surface area contributed by atoms with E-state index in [4.69, 9.17) is 32.6 Å². The molecule has 6 rings (SSSR count). The zero-order valence-corrected chi connectivity index (χ0v) is 28.7. The molecular weight excluding hydrogens is 590 g/mol. The first-order valence-corrected chi connectivity index (χ1v) is 16.7. The lowest BCUT2D eigenvalue weighted by Crippen LogP contribution is -2.69. The van der Waals surface area contributed by atoms with Crippen molar-refractivity contribution in [3.05, 3.63) is 27.9 Å². The predicted octanol–water partition coefficient (Wildman–Crippen LogP) is 5.79. The van der Waals surface area contributed by atoms with Crippen molar-refractivity contribution in [2.45, 2.75) is 103 Å². The predicted molar refractivity (Wildman–Crippen MR) is 180 cm³/mol. The third-order valence-electron chi connectivity index (χ3n) is 10.9. The normalized spacial score (nSPS) is 21.4. The number of rotatable bonds is 6. The average molecular weight is 640 g/mol. The number of nitrogens with one attached hydrogen (secondary N) is 1. The standard InChI is InChI=1S/C34H50ClN7O3/c1-21-13-25(37)24(16-36)27(28(21)35)26-22(2)42(23-14-33(15-23)17-39(18-33)30(44)45-31(3,4)5)38-29(26)41-12-11-40(32(6,7)20-43)19-34(41)9-8-10-34/h13,16,23,36,43H,8-12,14-15,17-20,37H2,1-7H3. The minimum absolute atomic E-state index is 0.0829. The lowest BCUT2D eigenvalue weighted by atomic mass is 9.61. The van der Waals surface area contributed by atoms with Crippen molar-refractivity contribution in [1.82, 2.24) is 19.6 Å². The molecule has 0 bridgehead atoms. The number of aryl methyl sites for hydroxylation is 1. The summed E-state index contributed by atoms with van der Waals surface area (Å²) >= 11 is 7.09. The Morgan fingerprint density at radius 2 is 1.82 bits per heavy atom. The van der Waals surface area contributed by atoms with Crippen LogP contribution in [-0.2, 0) is 4.74 Å². The summed E-state index contributed by atoms with van der Waals surface area (Å²) in [5, 5.41) is 24.5. The van der Waals surface area contributed by atoms with Crippen molar-refractivity contribution in [2.24, 2.45) is 5.41 Å². The van der Waals surface area contributed by atoms with Gasteiger partial charge in [0, 0.05) is 78.0 Å². The number of hydrogen-bond donors (Lipinski definition) is 3. The number of carbonyl (C=O) groups excluding carboxylic acids is 1. The average Bonchev–Trinajstić information content (AvgIpc) is 3.22. The van der Waals surface area contributed by atoms with E-state index >= 15 is 0 Å². The van der Waals surface area contributed by atoms with Gasteiger partial charge in [0.15, 0.2) is 5.82 Å². The van der Waals surface area contributed by atoms with E-state index in [1.807, 2.05) is 38.7 Å². The summed E-state index contributed by atoms with van der Waals surface area (Å²) in [7, 11) is 0. The Hall–Kier alpha value is -2.82. The van der Waals surface area contributed by atoms with Gasteiger partial charge in [-0.25, -0.2) is 4.79 Å². The van der Waals surface area contributed by atoms with Crippen molar-refractivity contribution in [2.75, 3.05) is 50.0 Å². The summed E-state index contributed by atoms with van der Waals surface area (Å²) < 4.78 is 7.78. The number of amides is 1. The second-order valence-electron chi connectivity index (χ2n) is 15.8. The maximum atomic E-state index is 12.6. The first-order valence-electron chi connectivity index (χ1n) is 16.3. The number of likely N-dealkylation sites (tertiary alicyclic amines) is 1. The lowest BCUT2D eigenvalue weighted by molar-refractivity contribution is -0.0930. The van der Waals surface area contributed by atoms with E-state index in [1.165, 1.54) is 6.21 Å². The topological polar surface area (TPSA) is 124 Å². The molecule has 2 aliphatic heterocycles. The Balaban J connectivity index is 1.37. The molecule has 2 aromatic rings. The number of halogens is 1. The van der Waals surface area contributed by atoms with Crippen LogP contribution in [0, 0.1) is 24.7 Å². The van der Waals surface area contributed by atoms with Crippen LogP contribution in [0.3, 0.4) is 0 Å². The Labute approximate surface area is 272 Å². The molecule has 3 heterocycles. The van der Waals surface area contributed by atoms with E-state index in [2.05, 4.69) is 35.3 Å². The molecule has 0 atom stereocenters. The Bertz CT molecular complexity index is 1510. The van der Waals surface area contributed by atoms with Gasteiger partial charge in [0.1, 0.15) is 5.60 Å². The van der Waals surface area contributed by atoms with Gasteiger partial charge in [-0.2, -0.15) is 5.10 Å². The molecule has 10 nitrogen and oxygen atoms in total. The Morgan fingerprint density at radius 3 is 2.38 bits per heavy atom. The number of nitrogen functional groups attached to an aromatic ring is 1. The van der Waals surface area contributed by atoms with E-state index in [0.29, 0.717) is 29.4 Å². The minimum Gasteiger partial charge on any atom is -0.444 e. The molecule has 4 fully saturated rings. The molecule has 2 saturated carbocycles. The van der Waals surface area contributed by atoms with Crippen molar-refractivity contribution in [3.63, 3.8) is 0 Å². The third kappa shape index (κ3) is 5.30. The number of hydrogen-bond acceptors (Lipinski definition) is 8. The molecule has 1 aromatic carbocycles. The summed E-state index contributed by atoms with van der Waals surface area (Å²) in [6, 6.07) is 2.05. The van der Waals surface area contributed by atoms with Crippen LogP contribution in [0.4, 0.5) is 16.3 Å². The summed E-state index contributed by atoms with van der Waals surface area (Å²) in [5.41, 5.74) is 10.5. The number of ether oxygens (including phenoxy) is 1. The molecule has 2 saturated heterocycles. The second kappa shape index (κ2) is 10.9. The number of aromatic nitrogens is 2. The largest absolute Gasteiger partial charge is 0.444 e. The number of nitrogens with zero attached hydrogens (tertiary/aromatic N) is 5. The first kappa shape index (κ1) is 32.1. The van der Waals surface area contributed by atoms with Crippen LogP contribution in [0.1, 0.15) is 89.6 Å². The molecule has 45 heavy (non-hydrogen) atoms. The molecule has 11 heteroatoms. The van der Waals surface area contributed by atoms with E-state index in [0.717, 1.165) is 79.9 Å². The van der Waals surface area contributed by atoms with E-state index < -0.39 is 5.60 Å². The number of aliphatic hydroxyl groups excluding tert-OH is 1. The fourth-order valence-corrected chi connectivity index (χ4v) is 8.35. The van der Waals surface area contributed by atoms with Gasteiger partial charge in [-0.1, -0.05) is 11.6 Å². The minimum atomic E-state index is -0.506. The molecule has 1 aromatic heterocycles. The van der Waals surface area contributed by atoms with E-state index in [9.17, 15) is 9.90 Å². The van der Waals surface area contributed by atoms with E-state index in [-0.39, 0.29) is 35.2 Å². The fraction of sp³-hybridized carbons (Fsp3) is 0.676. The summed E-state index contributed by atoms with van der Waals surface area (Å²) in [6.07, 6.45) is 6.24. The first-order chi connectivity index (χ1) is 21.0. The van der Waals surface area contributed by atoms with Crippen LogP contribution >= 0.6 is 11.6 Å². The zero-order chi connectivity index (χ0) is 32.7. The van der Waals surface area contributed by atoms with Gasteiger partial charge in [0.25, 0.3) is 0 Å². The number of nitrogens with two attached hydrogens (primary N) is 1. The Morgan fingerprint density at radius 1 is 1.16 bits per heavy atom. The van der Waals surface area contributed by atoms with Gasteiger partial charge in [-0.05, 0) is 92.2 Å². The smallest absolute Gasteiger partial charge is 0.410 e. The second-order valence-corrected chi connectivity index (χ2v) is 16.2. The quantitative estimate of drug-likeness (QED) is 0.270. The van der Waals surface area contributed by atoms with Gasteiger partial charge in [0.2, 0.25) is 0 Å². The zero-order valence-electron chi connectivity index (χ0n) is 28.0. The SMILES string of the molecule is Cc1cc(N)c(C=N)c(-c2c(N3CCN(C(C)(C)CO)CC34CCC4)nn(C3CC4(C3)CN(C(=O)OC(C)(C)C)C4)c2C)c1Cl. The number of anilines is 2. The summed E-state index contributed by atoms with van der Waals surface area (Å²) in [6.45, 7) is 18.0. The summed E-state index contributed by atoms with van der Waals surface area (Å²) in [5.74, 6) is 0.911. The van der Waals surface area contributed by atoms with Crippen molar-refractivity contribution < 1.29 is 14.6 Å². The van der Waals surface area contributed by atoms with Crippen LogP contribution in [0.2, 0.25) is 5.02 Å². The molecule has 246 valence electrons. The number of carbonyl (C=O) groups is 1. The van der Waals surface area contributed by atoms with Crippen LogP contribution in [0.5, 0.6) is 0 Å². The number of aliphatic hydroxyl groups is 1. The molecule has 4 aliphatic rings. The molecule has 0 radical (unpaired) electrons. The van der Waals surface area contributed by atoms with Gasteiger partial charge in [-0.3, -0.25) is 9.58 Å². The highest BCUT2D eigenvalue weighted by Crippen LogP contribution is 2.56.